The van der Waals surface area contributed by atoms with Crippen LogP contribution in [-0.2, 0) is 27.5 Å². The summed E-state index contributed by atoms with van der Waals surface area (Å²) in [6.45, 7) is -0.426. The molecule has 0 saturated carbocycles. The maximum atomic E-state index is 12.8. The highest BCUT2D eigenvalue weighted by molar-refractivity contribution is 5.89. The number of carboxylic acids is 2. The number of carboxylic acid groups (broad SMARTS) is 2. The number of rotatable bonds is 10. The molecule has 0 heterocycles. The molecule has 2 aromatic carbocycles. The van der Waals surface area contributed by atoms with Crippen LogP contribution in [-0.4, -0.2) is 45.1 Å². The summed E-state index contributed by atoms with van der Waals surface area (Å²) in [6, 6.07) is 13.3. The molecule has 0 radical (unpaired) electrons. The third-order valence-electron chi connectivity index (χ3n) is 4.35. The van der Waals surface area contributed by atoms with Gasteiger partial charge in [0.25, 0.3) is 0 Å². The summed E-state index contributed by atoms with van der Waals surface area (Å²) in [7, 11) is 0. The van der Waals surface area contributed by atoms with Crippen molar-refractivity contribution in [2.75, 3.05) is 0 Å². The monoisotopic (exact) mass is 414 g/mol. The van der Waals surface area contributed by atoms with Gasteiger partial charge >= 0.3 is 18.0 Å². The van der Waals surface area contributed by atoms with Crippen molar-refractivity contribution < 1.29 is 34.1 Å². The van der Waals surface area contributed by atoms with E-state index in [4.69, 9.17) is 10.5 Å². The molecule has 9 heteroatoms. The first kappa shape index (κ1) is 22.4. The molecule has 0 saturated heterocycles. The first-order valence-corrected chi connectivity index (χ1v) is 9.09. The number of nitrogens with zero attached hydrogens (tertiary/aromatic N) is 1. The Labute approximate surface area is 172 Å². The smallest absolute Gasteiger partial charge is 0.411 e. The predicted octanol–water partition coefficient (Wildman–Crippen LogP) is 2.24. The Morgan fingerprint density at radius 2 is 1.60 bits per heavy atom. The zero-order valence-electron chi connectivity index (χ0n) is 16.1. The van der Waals surface area contributed by atoms with Crippen LogP contribution in [0.5, 0.6) is 0 Å². The molecule has 30 heavy (non-hydrogen) atoms. The van der Waals surface area contributed by atoms with Crippen molar-refractivity contribution in [3.63, 3.8) is 0 Å². The molecule has 1 atom stereocenters. The summed E-state index contributed by atoms with van der Waals surface area (Å²) in [5.41, 5.74) is 5.98. The lowest BCUT2D eigenvalue weighted by molar-refractivity contribution is -0.143. The molecule has 2 aromatic rings. The molecule has 2 amide bonds. The fourth-order valence-electron chi connectivity index (χ4n) is 2.85. The SMILES string of the molecule is NC(=O)CC[C@@H](C(=O)O)N(Cc1ccccc1C(=O)O)C(=O)OCc1ccccc1. The fraction of sp³-hybridized carbons (Fsp3) is 0.238. The van der Waals surface area contributed by atoms with Gasteiger partial charge < -0.3 is 20.7 Å². The number of primary amides is 1. The number of aromatic carboxylic acids is 1. The minimum absolute atomic E-state index is 0.0719. The Kier molecular flexibility index (Phi) is 7.92. The van der Waals surface area contributed by atoms with E-state index in [1.807, 2.05) is 0 Å². The maximum Gasteiger partial charge on any atom is 0.411 e. The number of ether oxygens (including phenoxy) is 1. The number of nitrogens with two attached hydrogens (primary N) is 1. The zero-order chi connectivity index (χ0) is 22.1. The average molecular weight is 414 g/mol. The fourth-order valence-corrected chi connectivity index (χ4v) is 2.85. The maximum absolute atomic E-state index is 12.8. The predicted molar refractivity (Wildman–Crippen MR) is 105 cm³/mol. The van der Waals surface area contributed by atoms with Gasteiger partial charge in [-0.1, -0.05) is 48.5 Å². The quantitative estimate of drug-likeness (QED) is 0.540. The molecule has 0 bridgehead atoms. The van der Waals surface area contributed by atoms with E-state index in [1.165, 1.54) is 18.2 Å². The second-order valence-electron chi connectivity index (χ2n) is 6.49. The molecule has 158 valence electrons. The molecular formula is C21H22N2O7. The van der Waals surface area contributed by atoms with Gasteiger partial charge in [0.05, 0.1) is 12.1 Å². The Balaban J connectivity index is 2.30. The highest BCUT2D eigenvalue weighted by atomic mass is 16.6. The Bertz CT molecular complexity index is 915. The Morgan fingerprint density at radius 1 is 0.967 bits per heavy atom. The molecule has 0 aliphatic rings. The van der Waals surface area contributed by atoms with E-state index in [9.17, 15) is 29.4 Å². The first-order valence-electron chi connectivity index (χ1n) is 9.09. The average Bonchev–Trinajstić information content (AvgIpc) is 2.71. The molecule has 0 aliphatic heterocycles. The van der Waals surface area contributed by atoms with Crippen molar-refractivity contribution >= 4 is 23.9 Å². The van der Waals surface area contributed by atoms with Crippen molar-refractivity contribution in [3.05, 3.63) is 71.3 Å². The van der Waals surface area contributed by atoms with E-state index >= 15 is 0 Å². The minimum atomic E-state index is -1.43. The largest absolute Gasteiger partial charge is 0.480 e. The van der Waals surface area contributed by atoms with E-state index < -0.39 is 30.0 Å². The standard InChI is InChI=1S/C21H22N2O7/c22-18(24)11-10-17(20(27)28)23(12-15-8-4-5-9-16(15)19(25)26)21(29)30-13-14-6-2-1-3-7-14/h1-9,17H,10-13H2,(H2,22,24)(H,25,26)(H,27,28)/t17-/m0/s1. The molecule has 0 aromatic heterocycles. The third kappa shape index (κ3) is 6.33. The summed E-state index contributed by atoms with van der Waals surface area (Å²) in [4.78, 5) is 48.1. The highest BCUT2D eigenvalue weighted by Gasteiger charge is 2.32. The van der Waals surface area contributed by atoms with Crippen molar-refractivity contribution in [2.24, 2.45) is 5.73 Å². The van der Waals surface area contributed by atoms with Crippen LogP contribution in [0.3, 0.4) is 0 Å². The van der Waals surface area contributed by atoms with Gasteiger partial charge in [-0.15, -0.1) is 0 Å². The number of carbonyl (C=O) groups is 4. The lowest BCUT2D eigenvalue weighted by atomic mass is 10.0. The van der Waals surface area contributed by atoms with Crippen molar-refractivity contribution in [1.29, 1.82) is 0 Å². The third-order valence-corrected chi connectivity index (χ3v) is 4.35. The van der Waals surface area contributed by atoms with Crippen LogP contribution in [0.1, 0.15) is 34.3 Å². The molecular weight excluding hydrogens is 392 g/mol. The number of hydrogen-bond donors (Lipinski definition) is 3. The van der Waals surface area contributed by atoms with Gasteiger partial charge in [-0.2, -0.15) is 0 Å². The summed E-state index contributed by atoms with van der Waals surface area (Å²) in [6.07, 6.45) is -1.45. The van der Waals surface area contributed by atoms with Crippen molar-refractivity contribution in [2.45, 2.75) is 32.0 Å². The lowest BCUT2D eigenvalue weighted by Gasteiger charge is -2.28. The molecule has 0 fully saturated rings. The molecule has 0 aliphatic carbocycles. The summed E-state index contributed by atoms with van der Waals surface area (Å²) in [5, 5.41) is 19.0. The number of carbonyl (C=O) groups excluding carboxylic acids is 2. The van der Waals surface area contributed by atoms with Crippen LogP contribution in [0.15, 0.2) is 54.6 Å². The van der Waals surface area contributed by atoms with Gasteiger partial charge in [0, 0.05) is 6.42 Å². The molecule has 4 N–H and O–H groups in total. The van der Waals surface area contributed by atoms with Crippen LogP contribution in [0.4, 0.5) is 4.79 Å². The highest BCUT2D eigenvalue weighted by Crippen LogP contribution is 2.18. The van der Waals surface area contributed by atoms with Crippen LogP contribution in [0.25, 0.3) is 0 Å². The van der Waals surface area contributed by atoms with Gasteiger partial charge in [0.1, 0.15) is 12.6 Å². The number of amides is 2. The number of hydrogen-bond acceptors (Lipinski definition) is 5. The normalized spacial score (nSPS) is 11.3. The van der Waals surface area contributed by atoms with Crippen LogP contribution in [0, 0.1) is 0 Å². The first-order chi connectivity index (χ1) is 14.3. The molecule has 2 rings (SSSR count). The van der Waals surface area contributed by atoms with E-state index in [1.54, 1.807) is 36.4 Å². The van der Waals surface area contributed by atoms with Gasteiger partial charge in [0.2, 0.25) is 5.91 Å². The zero-order valence-corrected chi connectivity index (χ0v) is 16.1. The van der Waals surface area contributed by atoms with Crippen LogP contribution in [0.2, 0.25) is 0 Å². The molecule has 9 nitrogen and oxygen atoms in total. The second kappa shape index (κ2) is 10.6. The van der Waals surface area contributed by atoms with E-state index in [0.717, 1.165) is 4.90 Å². The summed E-state index contributed by atoms with van der Waals surface area (Å²) in [5.74, 6) is -3.29. The molecule has 0 spiro atoms. The van der Waals surface area contributed by atoms with E-state index in [2.05, 4.69) is 0 Å². The van der Waals surface area contributed by atoms with Crippen molar-refractivity contribution in [1.82, 2.24) is 4.90 Å². The van der Waals surface area contributed by atoms with Gasteiger partial charge in [-0.25, -0.2) is 14.4 Å². The topological polar surface area (TPSA) is 147 Å². The van der Waals surface area contributed by atoms with E-state index in [0.29, 0.717) is 5.56 Å². The van der Waals surface area contributed by atoms with Gasteiger partial charge in [0.15, 0.2) is 0 Å². The summed E-state index contributed by atoms with van der Waals surface area (Å²) >= 11 is 0. The van der Waals surface area contributed by atoms with Crippen LogP contribution < -0.4 is 5.73 Å². The molecule has 0 unspecified atom stereocenters. The Morgan fingerprint density at radius 3 is 2.20 bits per heavy atom. The minimum Gasteiger partial charge on any atom is -0.480 e. The Hall–Kier alpha value is -3.88. The van der Waals surface area contributed by atoms with Crippen LogP contribution >= 0.6 is 0 Å². The number of benzene rings is 2. The van der Waals surface area contributed by atoms with Gasteiger partial charge in [-0.05, 0) is 23.6 Å². The second-order valence-corrected chi connectivity index (χ2v) is 6.49. The van der Waals surface area contributed by atoms with Gasteiger partial charge in [-0.3, -0.25) is 9.69 Å². The number of aliphatic carboxylic acids is 1. The lowest BCUT2D eigenvalue weighted by Crippen LogP contribution is -2.45. The van der Waals surface area contributed by atoms with E-state index in [-0.39, 0.29) is 37.1 Å². The van der Waals surface area contributed by atoms with Crippen molar-refractivity contribution in [3.8, 4) is 0 Å². The summed E-state index contributed by atoms with van der Waals surface area (Å²) < 4.78 is 5.26.